The van der Waals surface area contributed by atoms with Gasteiger partial charge in [-0.25, -0.2) is 0 Å². The van der Waals surface area contributed by atoms with Crippen LogP contribution < -0.4 is 0 Å². The number of fused-ring (bicyclic) bond motifs is 2. The number of alkyl halides is 6. The molecule has 2 aliphatic carbocycles. The minimum atomic E-state index is -5.34. The van der Waals surface area contributed by atoms with E-state index in [1.165, 1.54) is 12.1 Å². The summed E-state index contributed by atoms with van der Waals surface area (Å²) in [6.45, 7) is 0. The highest BCUT2D eigenvalue weighted by Crippen LogP contribution is 2.57. The highest BCUT2D eigenvalue weighted by molar-refractivity contribution is 6.19. The lowest BCUT2D eigenvalue weighted by atomic mass is 9.88. The number of hydrogen-bond acceptors (Lipinski definition) is 8. The maximum absolute atomic E-state index is 14.8. The lowest BCUT2D eigenvalue weighted by Crippen LogP contribution is -2.13. The monoisotopic (exact) mass is 666 g/mol. The first-order valence-corrected chi connectivity index (χ1v) is 13.5. The van der Waals surface area contributed by atoms with Gasteiger partial charge in [0, 0.05) is 22.3 Å². The second kappa shape index (κ2) is 12.0. The smallest absolute Gasteiger partial charge is 0.192 e. The van der Waals surface area contributed by atoms with Crippen LogP contribution in [0.4, 0.5) is 26.3 Å². The van der Waals surface area contributed by atoms with Crippen molar-refractivity contribution in [3.63, 3.8) is 0 Å². The van der Waals surface area contributed by atoms with E-state index in [1.54, 1.807) is 36.4 Å². The molecule has 0 fully saturated rings. The van der Waals surface area contributed by atoms with Crippen molar-refractivity contribution in [1.82, 2.24) is 0 Å². The van der Waals surface area contributed by atoms with Crippen molar-refractivity contribution in [2.75, 3.05) is 0 Å². The van der Waals surface area contributed by atoms with Crippen molar-refractivity contribution >= 4 is 33.4 Å². The molecule has 0 aliphatic heterocycles. The highest BCUT2D eigenvalue weighted by Gasteiger charge is 2.49. The van der Waals surface area contributed by atoms with Crippen molar-refractivity contribution in [2.45, 2.75) is 12.4 Å². The van der Waals surface area contributed by atoms with E-state index in [0.29, 0.717) is 0 Å². The SMILES string of the molecule is N#CC1=C(C(F)(F)F)/C(=C(/C#N)c2cc(C#N)cc(C#N)c2)c2cc3c(cc21)/C(=C(\C#N)c1cc(C#N)cc(C#N)c1)C(C(F)(F)F)=C3C#N. The summed E-state index contributed by atoms with van der Waals surface area (Å²) in [6.07, 6.45) is -10.7. The summed E-state index contributed by atoms with van der Waals surface area (Å²) >= 11 is 0. The summed E-state index contributed by atoms with van der Waals surface area (Å²) in [6, 6.07) is 20.8. The Morgan fingerprint density at radius 2 is 0.700 bits per heavy atom. The molecule has 0 heterocycles. The Labute approximate surface area is 277 Å². The molecule has 0 saturated heterocycles. The first kappa shape index (κ1) is 33.5. The van der Waals surface area contributed by atoms with Crippen LogP contribution in [0.5, 0.6) is 0 Å². The van der Waals surface area contributed by atoms with E-state index in [4.69, 9.17) is 0 Å². The van der Waals surface area contributed by atoms with Crippen molar-refractivity contribution in [2.24, 2.45) is 0 Å². The molecular weight excluding hydrogens is 658 g/mol. The largest absolute Gasteiger partial charge is 0.418 e. The normalized spacial score (nSPS) is 15.2. The van der Waals surface area contributed by atoms with Gasteiger partial charge in [-0.1, -0.05) is 0 Å². The maximum atomic E-state index is 14.8. The van der Waals surface area contributed by atoms with Gasteiger partial charge in [0.15, 0.2) is 0 Å². The summed E-state index contributed by atoms with van der Waals surface area (Å²) < 4.78 is 89.0. The van der Waals surface area contributed by atoms with Gasteiger partial charge in [0.05, 0.1) is 80.0 Å². The van der Waals surface area contributed by atoms with E-state index >= 15 is 0 Å². The van der Waals surface area contributed by atoms with Crippen LogP contribution in [-0.4, -0.2) is 12.4 Å². The molecule has 14 heteroatoms. The third kappa shape index (κ3) is 5.25. The maximum Gasteiger partial charge on any atom is 0.418 e. The fraction of sp³-hybridized carbons (Fsp3) is 0.0556. The second-order valence-corrected chi connectivity index (χ2v) is 10.4. The van der Waals surface area contributed by atoms with Crippen LogP contribution in [0.15, 0.2) is 59.7 Å². The van der Waals surface area contributed by atoms with Crippen molar-refractivity contribution < 1.29 is 26.3 Å². The Hall–Kier alpha value is -7.88. The summed E-state index contributed by atoms with van der Waals surface area (Å²) in [5, 5.41) is 78.1. The molecule has 0 bridgehead atoms. The molecule has 0 amide bonds. The van der Waals surface area contributed by atoms with Crippen molar-refractivity contribution in [3.05, 3.63) is 115 Å². The van der Waals surface area contributed by atoms with E-state index in [2.05, 4.69) is 0 Å². The quantitative estimate of drug-likeness (QED) is 0.196. The summed E-state index contributed by atoms with van der Waals surface area (Å²) in [5.41, 5.74) is -12.7. The molecule has 3 aromatic rings. The molecule has 234 valence electrons. The van der Waals surface area contributed by atoms with Crippen LogP contribution in [0, 0.1) is 90.6 Å². The predicted molar refractivity (Wildman–Crippen MR) is 160 cm³/mol. The van der Waals surface area contributed by atoms with Gasteiger partial charge in [-0.05, 0) is 70.8 Å². The number of allylic oxidation sites excluding steroid dienone is 8. The van der Waals surface area contributed by atoms with Crippen LogP contribution in [0.25, 0.3) is 33.4 Å². The van der Waals surface area contributed by atoms with Gasteiger partial charge in [0.1, 0.15) is 24.3 Å². The average molecular weight is 667 g/mol. The standard InChI is InChI=1S/C36H8F6N8/c37-35(38,39)33-29(15-49)23-8-26-24(7-25(23)31(33)27(13-47)21-3-17(9-43)1-18(4-21)10-44)30(16-50)34(36(40,41)42)32(26)28(14-48)22-5-19(11-45)2-20(6-22)12-46/h1-8H/b31-27-,32-28-. The van der Waals surface area contributed by atoms with Gasteiger partial charge in [-0.2, -0.15) is 68.4 Å². The van der Waals surface area contributed by atoms with Gasteiger partial charge in [0.2, 0.25) is 0 Å². The molecule has 8 nitrogen and oxygen atoms in total. The second-order valence-electron chi connectivity index (χ2n) is 10.4. The first-order chi connectivity index (χ1) is 23.7. The zero-order valence-electron chi connectivity index (χ0n) is 24.5. The number of rotatable bonds is 2. The number of nitriles is 8. The molecule has 5 rings (SSSR count). The van der Waals surface area contributed by atoms with E-state index in [1.807, 2.05) is 0 Å². The first-order valence-electron chi connectivity index (χ1n) is 13.5. The van der Waals surface area contributed by atoms with E-state index < -0.39 is 79.2 Å². The molecule has 50 heavy (non-hydrogen) atoms. The molecule has 0 spiro atoms. The Balaban J connectivity index is 2.01. The van der Waals surface area contributed by atoms with Gasteiger partial charge in [0.25, 0.3) is 0 Å². The van der Waals surface area contributed by atoms with Gasteiger partial charge < -0.3 is 0 Å². The van der Waals surface area contributed by atoms with E-state index in [0.717, 1.165) is 48.5 Å². The highest BCUT2D eigenvalue weighted by atomic mass is 19.4. The molecule has 0 N–H and O–H groups in total. The third-order valence-corrected chi connectivity index (χ3v) is 7.71. The number of nitrogens with zero attached hydrogens (tertiary/aromatic N) is 8. The molecule has 0 saturated carbocycles. The fourth-order valence-corrected chi connectivity index (χ4v) is 5.87. The summed E-state index contributed by atoms with van der Waals surface area (Å²) in [7, 11) is 0. The van der Waals surface area contributed by atoms with E-state index in [9.17, 15) is 68.4 Å². The molecule has 0 atom stereocenters. The van der Waals surface area contributed by atoms with Gasteiger partial charge in [-0.3, -0.25) is 0 Å². The zero-order valence-corrected chi connectivity index (χ0v) is 24.5. The van der Waals surface area contributed by atoms with Crippen LogP contribution in [0.2, 0.25) is 0 Å². The van der Waals surface area contributed by atoms with Crippen molar-refractivity contribution in [3.8, 4) is 48.6 Å². The van der Waals surface area contributed by atoms with Crippen LogP contribution in [0.3, 0.4) is 0 Å². The molecule has 0 aromatic heterocycles. The van der Waals surface area contributed by atoms with Crippen LogP contribution in [-0.2, 0) is 0 Å². The van der Waals surface area contributed by atoms with Crippen molar-refractivity contribution in [1.29, 1.82) is 42.1 Å². The molecule has 2 aliphatic rings. The fourth-order valence-electron chi connectivity index (χ4n) is 5.87. The number of hydrogen-bond donors (Lipinski definition) is 0. The zero-order chi connectivity index (χ0) is 36.7. The van der Waals surface area contributed by atoms with Gasteiger partial charge >= 0.3 is 12.4 Å². The van der Waals surface area contributed by atoms with E-state index in [-0.39, 0.29) is 33.4 Å². The number of halogens is 6. The Morgan fingerprint density at radius 1 is 0.400 bits per heavy atom. The third-order valence-electron chi connectivity index (χ3n) is 7.71. The lowest BCUT2D eigenvalue weighted by molar-refractivity contribution is -0.0870. The average Bonchev–Trinajstić information content (AvgIpc) is 3.60. The Morgan fingerprint density at radius 3 is 0.920 bits per heavy atom. The summed E-state index contributed by atoms with van der Waals surface area (Å²) in [4.78, 5) is 0. The summed E-state index contributed by atoms with van der Waals surface area (Å²) in [5.74, 6) is 0. The van der Waals surface area contributed by atoms with Gasteiger partial charge in [-0.15, -0.1) is 0 Å². The molecular formula is C36H8F6N8. The lowest BCUT2D eigenvalue weighted by Gasteiger charge is -2.15. The molecule has 0 radical (unpaired) electrons. The minimum absolute atomic E-state index is 0.207. The Bertz CT molecular complexity index is 2350. The predicted octanol–water partition coefficient (Wildman–Crippen LogP) is 7.75. The Kier molecular flexibility index (Phi) is 8.07. The number of benzene rings is 3. The molecule has 3 aromatic carbocycles. The van der Waals surface area contributed by atoms with Crippen LogP contribution >= 0.6 is 0 Å². The minimum Gasteiger partial charge on any atom is -0.192 e. The van der Waals surface area contributed by atoms with Crippen LogP contribution in [0.1, 0.15) is 55.6 Å². The topological polar surface area (TPSA) is 190 Å². The molecule has 0 unspecified atom stereocenters.